The van der Waals surface area contributed by atoms with Gasteiger partial charge in [0.2, 0.25) is 0 Å². The minimum absolute atomic E-state index is 0. The van der Waals surface area contributed by atoms with Crippen LogP contribution in [-0.4, -0.2) is 0 Å². The molecule has 1 heteroatoms. The van der Waals surface area contributed by atoms with Gasteiger partial charge in [0, 0.05) is 0 Å². The second kappa shape index (κ2) is 1.77. The molecule has 0 saturated heterocycles. The first-order chi connectivity index (χ1) is 2.89. The van der Waals surface area contributed by atoms with Gasteiger partial charge in [-0.3, -0.25) is 0 Å². The van der Waals surface area contributed by atoms with Crippen molar-refractivity contribution in [2.45, 2.75) is 6.42 Å². The zero-order chi connectivity index (χ0) is 4.41. The first kappa shape index (κ1) is 4.36. The van der Waals surface area contributed by atoms with Crippen molar-refractivity contribution < 1.29 is 24.7 Å². The molecule has 0 bridgehead atoms. The SMILES string of the molecule is [H-].[H-].[H-].[Ti][C]1=CC=CC1. The Hall–Kier alpha value is 0.194. The Morgan fingerprint density at radius 2 is 2.67 bits per heavy atom. The van der Waals surface area contributed by atoms with Gasteiger partial charge in [0.25, 0.3) is 0 Å². The first-order valence-electron chi connectivity index (χ1n) is 1.97. The van der Waals surface area contributed by atoms with Crippen molar-refractivity contribution in [3.8, 4) is 0 Å². The van der Waals surface area contributed by atoms with Gasteiger partial charge in [0.15, 0.2) is 0 Å². The monoisotopic (exact) mass is 116 g/mol. The van der Waals surface area contributed by atoms with E-state index in [1.807, 2.05) is 0 Å². The van der Waals surface area contributed by atoms with E-state index >= 15 is 0 Å². The summed E-state index contributed by atoms with van der Waals surface area (Å²) in [6, 6.07) is 0. The third kappa shape index (κ3) is 0.827. The van der Waals surface area contributed by atoms with Crippen LogP contribution in [0.1, 0.15) is 10.7 Å². The molecule has 0 heterocycles. The molecule has 1 rings (SSSR count). The average Bonchev–Trinajstić information content (AvgIpc) is 1.86. The standard InChI is InChI=1S/C5H5.Ti.3H/c1-2-4-5-3-1;;;;/h1-3H,4H2;;;;/q;;3*-1. The van der Waals surface area contributed by atoms with Crippen molar-refractivity contribution in [3.05, 3.63) is 22.1 Å². The molecule has 0 aliphatic heterocycles. The molecule has 1 aliphatic carbocycles. The fourth-order valence-electron chi connectivity index (χ4n) is 0.447. The topological polar surface area (TPSA) is 0 Å². The molecule has 0 aromatic carbocycles. The maximum atomic E-state index is 2.16. The van der Waals surface area contributed by atoms with Gasteiger partial charge in [-0.1, -0.05) is 0 Å². The van der Waals surface area contributed by atoms with E-state index in [0.717, 1.165) is 0 Å². The van der Waals surface area contributed by atoms with Crippen LogP contribution in [-0.2, 0) is 20.4 Å². The van der Waals surface area contributed by atoms with Crippen LogP contribution in [0.4, 0.5) is 0 Å². The van der Waals surface area contributed by atoms with Crippen molar-refractivity contribution >= 4 is 0 Å². The second-order valence-corrected chi connectivity index (χ2v) is 2.33. The molecule has 0 saturated carbocycles. The Morgan fingerprint density at radius 3 is 2.83 bits per heavy atom. The fourth-order valence-corrected chi connectivity index (χ4v) is 0.782. The number of hydrogen-bond acceptors (Lipinski definition) is 0. The summed E-state index contributed by atoms with van der Waals surface area (Å²) in [7, 11) is 0. The number of rotatable bonds is 0. The zero-order valence-corrected chi connectivity index (χ0v) is 5.00. The normalized spacial score (nSPS) is 18.2. The summed E-state index contributed by atoms with van der Waals surface area (Å²) in [6.45, 7) is 0. The molecule has 1 aliphatic rings. The summed E-state index contributed by atoms with van der Waals surface area (Å²) in [5.74, 6) is 0. The third-order valence-corrected chi connectivity index (χ3v) is 1.35. The van der Waals surface area contributed by atoms with Crippen LogP contribution in [0.5, 0.6) is 0 Å². The van der Waals surface area contributed by atoms with E-state index in [2.05, 4.69) is 38.7 Å². The van der Waals surface area contributed by atoms with Crippen molar-refractivity contribution in [2.75, 3.05) is 0 Å². The molecule has 0 atom stereocenters. The fraction of sp³-hybridized carbons (Fsp3) is 0.200. The van der Waals surface area contributed by atoms with Crippen molar-refractivity contribution in [2.24, 2.45) is 0 Å². The molecular formula is C5H8Ti-3. The van der Waals surface area contributed by atoms with E-state index in [-0.39, 0.29) is 4.28 Å². The molecule has 0 aromatic heterocycles. The molecule has 0 amide bonds. The van der Waals surface area contributed by atoms with Gasteiger partial charge in [-0.15, -0.1) is 0 Å². The minimum atomic E-state index is 0. The molecule has 0 aromatic rings. The van der Waals surface area contributed by atoms with Crippen LogP contribution in [0.15, 0.2) is 22.1 Å². The van der Waals surface area contributed by atoms with Crippen molar-refractivity contribution in [1.29, 1.82) is 0 Å². The summed E-state index contributed by atoms with van der Waals surface area (Å²) in [6.07, 6.45) is 7.56. The van der Waals surface area contributed by atoms with Crippen LogP contribution in [0.3, 0.4) is 0 Å². The quantitative estimate of drug-likeness (QED) is 0.422. The Labute approximate surface area is 53.8 Å². The summed E-state index contributed by atoms with van der Waals surface area (Å²) in [5.41, 5.74) is 0. The van der Waals surface area contributed by atoms with E-state index in [1.165, 1.54) is 10.3 Å². The number of hydrogen-bond donors (Lipinski definition) is 0. The predicted octanol–water partition coefficient (Wildman–Crippen LogP) is 1.71. The van der Waals surface area contributed by atoms with E-state index in [4.69, 9.17) is 0 Å². The van der Waals surface area contributed by atoms with E-state index in [1.54, 1.807) is 0 Å². The maximum absolute atomic E-state index is 2.16. The summed E-state index contributed by atoms with van der Waals surface area (Å²) in [5, 5.41) is 0. The Kier molecular flexibility index (Phi) is 1.28. The predicted molar refractivity (Wildman–Crippen MR) is 25.2 cm³/mol. The molecule has 0 fully saturated rings. The molecular weight excluding hydrogens is 108 g/mol. The van der Waals surface area contributed by atoms with Crippen LogP contribution in [0, 0.1) is 0 Å². The van der Waals surface area contributed by atoms with Gasteiger partial charge in [-0.05, 0) is 0 Å². The third-order valence-electron chi connectivity index (χ3n) is 0.771. The molecule has 35 valence electrons. The Bertz CT molecular complexity index is 109. The second-order valence-electron chi connectivity index (χ2n) is 1.32. The molecule has 0 radical (unpaired) electrons. The average molecular weight is 116 g/mol. The van der Waals surface area contributed by atoms with E-state index in [9.17, 15) is 0 Å². The Balaban J connectivity index is -0.000000120. The zero-order valence-electron chi connectivity index (χ0n) is 6.44. The van der Waals surface area contributed by atoms with Crippen LogP contribution in [0.2, 0.25) is 0 Å². The van der Waals surface area contributed by atoms with Gasteiger partial charge >= 0.3 is 49.0 Å². The van der Waals surface area contributed by atoms with Crippen molar-refractivity contribution in [1.82, 2.24) is 0 Å². The summed E-state index contributed by atoms with van der Waals surface area (Å²) >= 11 is 2.14. The summed E-state index contributed by atoms with van der Waals surface area (Å²) < 4.78 is 1.47. The Morgan fingerprint density at radius 1 is 1.83 bits per heavy atom. The molecule has 0 spiro atoms. The van der Waals surface area contributed by atoms with Crippen molar-refractivity contribution in [3.63, 3.8) is 0 Å². The van der Waals surface area contributed by atoms with Gasteiger partial charge in [-0.2, -0.15) is 0 Å². The summed E-state index contributed by atoms with van der Waals surface area (Å²) in [4.78, 5) is 0. The van der Waals surface area contributed by atoms with Gasteiger partial charge in [-0.25, -0.2) is 0 Å². The first-order valence-corrected chi connectivity index (χ1v) is 2.75. The van der Waals surface area contributed by atoms with Gasteiger partial charge < -0.3 is 4.28 Å². The van der Waals surface area contributed by atoms with Crippen LogP contribution >= 0.6 is 0 Å². The van der Waals surface area contributed by atoms with E-state index in [0.29, 0.717) is 0 Å². The van der Waals surface area contributed by atoms with Crippen LogP contribution < -0.4 is 0 Å². The van der Waals surface area contributed by atoms with Gasteiger partial charge in [0.05, 0.1) is 0 Å². The molecule has 6 heavy (non-hydrogen) atoms. The van der Waals surface area contributed by atoms with Crippen LogP contribution in [0.25, 0.3) is 0 Å². The van der Waals surface area contributed by atoms with Gasteiger partial charge in [0.1, 0.15) is 0 Å². The molecule has 0 unspecified atom stereocenters. The molecule has 0 nitrogen and oxygen atoms in total. The number of allylic oxidation sites excluding steroid dienone is 4. The molecule has 0 N–H and O–H groups in total. The van der Waals surface area contributed by atoms with E-state index < -0.39 is 0 Å².